The molecule has 8 nitrogen and oxygen atoms in total. The van der Waals surface area contributed by atoms with Gasteiger partial charge in [0.15, 0.2) is 11.4 Å². The van der Waals surface area contributed by atoms with Crippen LogP contribution < -0.4 is 0 Å². The molecule has 0 bridgehead atoms. The van der Waals surface area contributed by atoms with Crippen LogP contribution in [-0.2, 0) is 0 Å². The third kappa shape index (κ3) is 7.56. The van der Waals surface area contributed by atoms with Crippen LogP contribution in [-0.4, -0.2) is 14.1 Å². The third-order valence-corrected chi connectivity index (χ3v) is 14.0. The minimum Gasteiger partial charge on any atom is -0.308 e. The highest BCUT2D eigenvalue weighted by atomic mass is 15.0. The summed E-state index contributed by atoms with van der Waals surface area (Å²) in [6, 6.07) is 71.8. The maximum Gasteiger partial charge on any atom is 0.187 e. The Kier molecular flexibility index (Phi) is 10.7. The van der Waals surface area contributed by atoms with Crippen molar-refractivity contribution >= 4 is 55.0 Å². The second-order valence-electron chi connectivity index (χ2n) is 18.4. The van der Waals surface area contributed by atoms with E-state index in [-0.39, 0.29) is 0 Å². The van der Waals surface area contributed by atoms with Crippen LogP contribution in [0.3, 0.4) is 0 Å². The Hall–Kier alpha value is -10.8. The molecule has 0 unspecified atom stereocenters. The molecule has 3 heterocycles. The highest BCUT2D eigenvalue weighted by Crippen LogP contribution is 2.44. The van der Waals surface area contributed by atoms with E-state index in [0.717, 1.165) is 111 Å². The summed E-state index contributed by atoms with van der Waals surface area (Å²) in [5.41, 5.74) is 18.8. The Morgan fingerprint density at radius 2 is 0.649 bits per heavy atom. The molecule has 0 spiro atoms. The number of hydrogen-bond acceptors (Lipinski definition) is 4. The molecule has 0 N–H and O–H groups in total. The number of nitriles is 3. The van der Waals surface area contributed by atoms with E-state index in [1.54, 1.807) is 0 Å². The Balaban J connectivity index is 1.22. The van der Waals surface area contributed by atoms with Gasteiger partial charge < -0.3 is 9.13 Å². The van der Waals surface area contributed by atoms with Gasteiger partial charge in [0.25, 0.3) is 0 Å². The summed E-state index contributed by atoms with van der Waals surface area (Å²) < 4.78 is 4.45. The zero-order valence-corrected chi connectivity index (χ0v) is 40.1. The first kappa shape index (κ1) is 44.4. The van der Waals surface area contributed by atoms with Crippen molar-refractivity contribution in [1.82, 2.24) is 14.1 Å². The number of benzene rings is 9. The van der Waals surface area contributed by atoms with Gasteiger partial charge in [0.1, 0.15) is 11.6 Å². The summed E-state index contributed by atoms with van der Waals surface area (Å²) in [7, 11) is 0. The lowest BCUT2D eigenvalue weighted by atomic mass is 9.99. The first-order valence-electron chi connectivity index (χ1n) is 23.9. The molecule has 9 aromatic carbocycles. The van der Waals surface area contributed by atoms with E-state index in [0.29, 0.717) is 39.4 Å². The molecule has 3 aromatic heterocycles. The monoisotopic (exact) mass is 942 g/mol. The summed E-state index contributed by atoms with van der Waals surface area (Å²) in [4.78, 5) is 12.0. The lowest BCUT2D eigenvalue weighted by Gasteiger charge is -2.19. The van der Waals surface area contributed by atoms with Gasteiger partial charge >= 0.3 is 0 Å². The first-order valence-corrected chi connectivity index (χ1v) is 23.9. The number of fused-ring (bicyclic) bond motifs is 6. The molecule has 0 fully saturated rings. The van der Waals surface area contributed by atoms with Crippen molar-refractivity contribution in [3.05, 3.63) is 245 Å². The van der Waals surface area contributed by atoms with Crippen LogP contribution >= 0.6 is 0 Å². The summed E-state index contributed by atoms with van der Waals surface area (Å²) in [6.07, 6.45) is 0. The lowest BCUT2D eigenvalue weighted by molar-refractivity contribution is 1.11. The summed E-state index contributed by atoms with van der Waals surface area (Å²) in [6.45, 7) is 19.2. The SMILES string of the molecule is [C-]#[N+]c1ccc(-c2ccc3c4ccc(-c5ccc(C#N)cc5)cc4n(-c4cc(-c5cc(C)nc(C)c5)cc(-n5c6cc(-c7ccc(C#N)cc7)ccc6c6ccc(-c7ccc([N+]#[C-])cc7)cc65)c4C#N)c3c2)cc1. The van der Waals surface area contributed by atoms with Gasteiger partial charge in [-0.15, -0.1) is 0 Å². The number of pyridine rings is 1. The molecule has 0 saturated heterocycles. The van der Waals surface area contributed by atoms with Gasteiger partial charge in [0.05, 0.1) is 69.9 Å². The van der Waals surface area contributed by atoms with E-state index in [4.69, 9.17) is 18.1 Å². The molecule has 0 aliphatic heterocycles. The zero-order valence-electron chi connectivity index (χ0n) is 40.1. The van der Waals surface area contributed by atoms with Gasteiger partial charge in [-0.2, -0.15) is 15.8 Å². The predicted octanol–water partition coefficient (Wildman–Crippen LogP) is 16.9. The lowest BCUT2D eigenvalue weighted by Crippen LogP contribution is -2.06. The maximum atomic E-state index is 12.0. The van der Waals surface area contributed by atoms with Crippen molar-refractivity contribution in [2.45, 2.75) is 13.8 Å². The molecule has 0 amide bonds. The van der Waals surface area contributed by atoms with E-state index >= 15 is 0 Å². The fraction of sp³-hybridized carbons (Fsp3) is 0.0303. The van der Waals surface area contributed by atoms with Crippen molar-refractivity contribution in [3.63, 3.8) is 0 Å². The Bertz CT molecular complexity index is 4010. The standard InChI is InChI=1S/C66H38N8/c1-40-29-52(30-41(2)72-40)53-35-65(73-61-31-48(44-9-5-42(37-67)6-10-44)17-25-56(61)58-27-19-50(33-63(58)73)46-13-21-54(70-3)22-14-46)60(39-69)66(36-53)74-62-32-49(45-11-7-43(38-68)8-12-45)18-26-57(62)59-28-20-51(34-64(59)74)47-15-23-55(71-4)24-16-47/h5-36H,1-2H3. The number of aromatic nitrogens is 3. The van der Waals surface area contributed by atoms with Gasteiger partial charge in [0, 0.05) is 32.9 Å². The fourth-order valence-electron chi connectivity index (χ4n) is 10.5. The van der Waals surface area contributed by atoms with Gasteiger partial charge in [0.2, 0.25) is 0 Å². The topological polar surface area (TPSA) is 103 Å². The molecule has 8 heteroatoms. The first-order chi connectivity index (χ1) is 36.2. The molecule has 0 aliphatic carbocycles. The maximum absolute atomic E-state index is 12.0. The number of rotatable bonds is 7. The second-order valence-corrected chi connectivity index (χ2v) is 18.4. The second kappa shape index (κ2) is 17.9. The van der Waals surface area contributed by atoms with Crippen LogP contribution in [0.15, 0.2) is 194 Å². The van der Waals surface area contributed by atoms with Crippen LogP contribution in [0.4, 0.5) is 11.4 Å². The number of nitrogens with zero attached hydrogens (tertiary/aromatic N) is 8. The minimum atomic E-state index is 0.444. The van der Waals surface area contributed by atoms with Gasteiger partial charge in [-0.05, 0) is 142 Å². The molecule has 12 aromatic rings. The van der Waals surface area contributed by atoms with Gasteiger partial charge in [-0.1, -0.05) is 121 Å². The van der Waals surface area contributed by atoms with E-state index < -0.39 is 0 Å². The molecule has 0 radical (unpaired) electrons. The molecular weight excluding hydrogens is 905 g/mol. The van der Waals surface area contributed by atoms with Crippen LogP contribution in [0.2, 0.25) is 0 Å². The van der Waals surface area contributed by atoms with Crippen molar-refractivity contribution < 1.29 is 0 Å². The minimum absolute atomic E-state index is 0.444. The van der Waals surface area contributed by atoms with E-state index in [2.05, 4.69) is 134 Å². The molecule has 0 aliphatic rings. The number of hydrogen-bond donors (Lipinski definition) is 0. The van der Waals surface area contributed by atoms with E-state index in [1.807, 2.05) is 111 Å². The largest absolute Gasteiger partial charge is 0.308 e. The third-order valence-electron chi connectivity index (χ3n) is 14.0. The molecule has 74 heavy (non-hydrogen) atoms. The summed E-state index contributed by atoms with van der Waals surface area (Å²) in [5, 5.41) is 35.3. The van der Waals surface area contributed by atoms with Crippen molar-refractivity contribution in [2.75, 3.05) is 0 Å². The molecule has 342 valence electrons. The smallest absolute Gasteiger partial charge is 0.187 e. The Morgan fingerprint density at radius 3 is 0.946 bits per heavy atom. The quantitative estimate of drug-likeness (QED) is 0.148. The Labute approximate surface area is 427 Å². The average molecular weight is 943 g/mol. The van der Waals surface area contributed by atoms with Gasteiger partial charge in [-0.3, -0.25) is 4.98 Å². The summed E-state index contributed by atoms with van der Waals surface area (Å²) in [5.74, 6) is 0. The number of aryl methyl sites for hydroxylation is 2. The average Bonchev–Trinajstić information content (AvgIpc) is 3.96. The van der Waals surface area contributed by atoms with Crippen molar-refractivity contribution in [3.8, 4) is 85.2 Å². The van der Waals surface area contributed by atoms with Crippen LogP contribution in [0.1, 0.15) is 28.1 Å². The van der Waals surface area contributed by atoms with Crippen molar-refractivity contribution in [1.29, 1.82) is 15.8 Å². The normalized spacial score (nSPS) is 11.0. The molecule has 12 rings (SSSR count). The van der Waals surface area contributed by atoms with E-state index in [9.17, 15) is 15.8 Å². The molecule has 0 saturated carbocycles. The van der Waals surface area contributed by atoms with Gasteiger partial charge in [-0.25, -0.2) is 9.69 Å². The highest BCUT2D eigenvalue weighted by Gasteiger charge is 2.24. The zero-order chi connectivity index (χ0) is 50.6. The fourth-order valence-corrected chi connectivity index (χ4v) is 10.5. The van der Waals surface area contributed by atoms with Crippen LogP contribution in [0.25, 0.3) is 120 Å². The Morgan fingerprint density at radius 1 is 0.351 bits per heavy atom. The van der Waals surface area contributed by atoms with Crippen LogP contribution in [0.5, 0.6) is 0 Å². The molecule has 0 atom stereocenters. The highest BCUT2D eigenvalue weighted by molar-refractivity contribution is 6.13. The van der Waals surface area contributed by atoms with Crippen molar-refractivity contribution in [2.24, 2.45) is 0 Å². The van der Waals surface area contributed by atoms with E-state index in [1.165, 1.54) is 0 Å². The van der Waals surface area contributed by atoms with Crippen LogP contribution in [0, 0.1) is 61.0 Å². The predicted molar refractivity (Wildman–Crippen MR) is 296 cm³/mol. The summed E-state index contributed by atoms with van der Waals surface area (Å²) >= 11 is 0. The molecular formula is C66H38N8.